The van der Waals surface area contributed by atoms with Gasteiger partial charge in [0.05, 0.1) is 0 Å². The summed E-state index contributed by atoms with van der Waals surface area (Å²) in [7, 11) is 0. The Kier molecular flexibility index (Phi) is 4.14. The molecular formula is C8H6F12. The largest absolute Gasteiger partial charge is 0.460 e. The van der Waals surface area contributed by atoms with Crippen LogP contribution in [-0.2, 0) is 0 Å². The van der Waals surface area contributed by atoms with Gasteiger partial charge in [0.1, 0.15) is 5.41 Å². The molecule has 0 spiro atoms. The standard InChI is InChI=1S/C8H6F12/c1-3(2,7(15,16)17)4(9,10)5(11,12)6(13,14)8(18,19)20/h1-2H3. The zero-order chi connectivity index (χ0) is 17.0. The summed E-state index contributed by atoms with van der Waals surface area (Å²) >= 11 is 0. The Hall–Kier alpha value is -0.840. The van der Waals surface area contributed by atoms with E-state index in [0.717, 1.165) is 0 Å². The maximum absolute atomic E-state index is 13.1. The zero-order valence-corrected chi connectivity index (χ0v) is 9.54. The Morgan fingerprint density at radius 3 is 0.900 bits per heavy atom. The number of halogens is 12. The van der Waals surface area contributed by atoms with Crippen molar-refractivity contribution in [3.05, 3.63) is 0 Å². The van der Waals surface area contributed by atoms with Crippen LogP contribution in [0.15, 0.2) is 0 Å². The molecule has 0 aliphatic heterocycles. The van der Waals surface area contributed by atoms with E-state index in [2.05, 4.69) is 0 Å². The molecule has 0 saturated carbocycles. The molecule has 0 aromatic heterocycles. The van der Waals surface area contributed by atoms with Crippen molar-refractivity contribution in [1.82, 2.24) is 0 Å². The molecule has 0 aliphatic rings. The molecule has 0 fully saturated rings. The summed E-state index contributed by atoms with van der Waals surface area (Å²) in [5.74, 6) is -21.3. The second-order valence-corrected chi connectivity index (χ2v) is 4.34. The lowest BCUT2D eigenvalue weighted by Crippen LogP contribution is -2.67. The van der Waals surface area contributed by atoms with Crippen molar-refractivity contribution in [2.24, 2.45) is 5.41 Å². The molecule has 0 unspecified atom stereocenters. The summed E-state index contributed by atoms with van der Waals surface area (Å²) in [6.07, 6.45) is -13.3. The molecule has 0 N–H and O–H groups in total. The lowest BCUT2D eigenvalue weighted by atomic mass is 9.79. The predicted molar refractivity (Wildman–Crippen MR) is 40.7 cm³/mol. The number of rotatable bonds is 3. The summed E-state index contributed by atoms with van der Waals surface area (Å²) in [5, 5.41) is 0. The van der Waals surface area contributed by atoms with Crippen molar-refractivity contribution >= 4 is 0 Å². The molecule has 0 amide bonds. The first kappa shape index (κ1) is 19.2. The van der Waals surface area contributed by atoms with Gasteiger partial charge in [-0.25, -0.2) is 0 Å². The van der Waals surface area contributed by atoms with Crippen LogP contribution in [0.4, 0.5) is 52.7 Å². The molecule has 12 heteroatoms. The Morgan fingerprint density at radius 1 is 0.400 bits per heavy atom. The van der Waals surface area contributed by atoms with Crippen LogP contribution in [0, 0.1) is 5.41 Å². The quantitative estimate of drug-likeness (QED) is 0.636. The summed E-state index contributed by atoms with van der Waals surface area (Å²) in [6.45, 7) is -1.21. The van der Waals surface area contributed by atoms with Gasteiger partial charge in [0.2, 0.25) is 0 Å². The maximum Gasteiger partial charge on any atom is 0.460 e. The van der Waals surface area contributed by atoms with Crippen molar-refractivity contribution in [2.45, 2.75) is 44.0 Å². The Labute approximate surface area is 103 Å². The molecule has 0 saturated heterocycles. The molecule has 0 bridgehead atoms. The molecule has 0 atom stereocenters. The van der Waals surface area contributed by atoms with Crippen LogP contribution in [0.3, 0.4) is 0 Å². The minimum atomic E-state index is -7.34. The molecule has 0 nitrogen and oxygen atoms in total. The van der Waals surface area contributed by atoms with Crippen molar-refractivity contribution in [3.63, 3.8) is 0 Å². The lowest BCUT2D eigenvalue weighted by Gasteiger charge is -2.42. The molecule has 0 aliphatic carbocycles. The van der Waals surface area contributed by atoms with Crippen LogP contribution >= 0.6 is 0 Å². The van der Waals surface area contributed by atoms with Gasteiger partial charge in [-0.3, -0.25) is 0 Å². The van der Waals surface area contributed by atoms with Gasteiger partial charge >= 0.3 is 30.1 Å². The smallest absolute Gasteiger partial charge is 0.199 e. The average molecular weight is 330 g/mol. The first-order valence-electron chi connectivity index (χ1n) is 4.52. The van der Waals surface area contributed by atoms with Gasteiger partial charge in [0.25, 0.3) is 0 Å². The first-order valence-corrected chi connectivity index (χ1v) is 4.52. The van der Waals surface area contributed by atoms with Crippen molar-refractivity contribution in [3.8, 4) is 0 Å². The fourth-order valence-electron chi connectivity index (χ4n) is 0.946. The van der Waals surface area contributed by atoms with Crippen LogP contribution < -0.4 is 0 Å². The monoisotopic (exact) mass is 330 g/mol. The van der Waals surface area contributed by atoms with Gasteiger partial charge in [-0.15, -0.1) is 0 Å². The van der Waals surface area contributed by atoms with E-state index in [9.17, 15) is 52.7 Å². The highest BCUT2D eigenvalue weighted by Gasteiger charge is 2.86. The van der Waals surface area contributed by atoms with E-state index < -0.39 is 49.4 Å². The molecule has 0 radical (unpaired) electrons. The summed E-state index contributed by atoms with van der Waals surface area (Å²) < 4.78 is 148. The van der Waals surface area contributed by atoms with E-state index in [4.69, 9.17) is 0 Å². The Balaban J connectivity index is 6.08. The average Bonchev–Trinajstić information content (AvgIpc) is 2.12. The van der Waals surface area contributed by atoms with Crippen molar-refractivity contribution in [1.29, 1.82) is 0 Å². The summed E-state index contributed by atoms with van der Waals surface area (Å²) in [6, 6.07) is 0. The second kappa shape index (κ2) is 4.33. The van der Waals surface area contributed by atoms with E-state index in [0.29, 0.717) is 0 Å². The number of alkyl halides is 12. The van der Waals surface area contributed by atoms with Crippen LogP contribution in [-0.4, -0.2) is 30.1 Å². The normalized spacial score (nSPS) is 16.5. The second-order valence-electron chi connectivity index (χ2n) is 4.34. The van der Waals surface area contributed by atoms with E-state index in [1.165, 1.54) is 0 Å². The highest BCUT2D eigenvalue weighted by atomic mass is 19.4. The fourth-order valence-corrected chi connectivity index (χ4v) is 0.946. The van der Waals surface area contributed by atoms with Crippen molar-refractivity contribution in [2.75, 3.05) is 0 Å². The fraction of sp³-hybridized carbons (Fsp3) is 1.00. The lowest BCUT2D eigenvalue weighted by molar-refractivity contribution is -0.428. The van der Waals surface area contributed by atoms with Crippen LogP contribution in [0.25, 0.3) is 0 Å². The molecule has 0 heterocycles. The first-order chi connectivity index (χ1) is 8.25. The molecule has 0 aromatic carbocycles. The third kappa shape index (κ3) is 2.30. The highest BCUT2D eigenvalue weighted by molar-refractivity contribution is 5.07. The topological polar surface area (TPSA) is 0 Å². The minimum Gasteiger partial charge on any atom is -0.199 e. The molecular weight excluding hydrogens is 324 g/mol. The van der Waals surface area contributed by atoms with E-state index in [-0.39, 0.29) is 0 Å². The van der Waals surface area contributed by atoms with Gasteiger partial charge < -0.3 is 0 Å². The summed E-state index contributed by atoms with van der Waals surface area (Å²) in [5.41, 5.74) is -4.82. The van der Waals surface area contributed by atoms with Crippen LogP contribution in [0.5, 0.6) is 0 Å². The van der Waals surface area contributed by atoms with Gasteiger partial charge in [-0.1, -0.05) is 0 Å². The van der Waals surface area contributed by atoms with E-state index >= 15 is 0 Å². The Morgan fingerprint density at radius 2 is 0.700 bits per heavy atom. The van der Waals surface area contributed by atoms with Gasteiger partial charge in [-0.2, -0.15) is 52.7 Å². The SMILES string of the molecule is CC(C)(C(F)(F)F)C(F)(F)C(F)(F)C(F)(F)C(F)(F)F. The van der Waals surface area contributed by atoms with Gasteiger partial charge in [0, 0.05) is 0 Å². The zero-order valence-electron chi connectivity index (χ0n) is 9.54. The number of hydrogen-bond donors (Lipinski definition) is 0. The molecule has 122 valence electrons. The van der Waals surface area contributed by atoms with Gasteiger partial charge in [0.15, 0.2) is 0 Å². The highest BCUT2D eigenvalue weighted by Crippen LogP contribution is 2.61. The maximum atomic E-state index is 13.1. The predicted octanol–water partition coefficient (Wildman–Crippen LogP) is 5.04. The Bertz CT molecular complexity index is 321. The van der Waals surface area contributed by atoms with E-state index in [1.54, 1.807) is 0 Å². The van der Waals surface area contributed by atoms with Crippen LogP contribution in [0.1, 0.15) is 13.8 Å². The molecule has 20 heavy (non-hydrogen) atoms. The molecule has 0 rings (SSSR count). The number of hydrogen-bond acceptors (Lipinski definition) is 0. The third-order valence-corrected chi connectivity index (χ3v) is 2.64. The molecule has 0 aromatic rings. The minimum absolute atomic E-state index is 0.604. The summed E-state index contributed by atoms with van der Waals surface area (Å²) in [4.78, 5) is 0. The van der Waals surface area contributed by atoms with E-state index in [1.807, 2.05) is 0 Å². The van der Waals surface area contributed by atoms with Gasteiger partial charge in [-0.05, 0) is 13.8 Å². The third-order valence-electron chi connectivity index (χ3n) is 2.64. The van der Waals surface area contributed by atoms with Crippen LogP contribution in [0.2, 0.25) is 0 Å². The van der Waals surface area contributed by atoms with Crippen molar-refractivity contribution < 1.29 is 52.7 Å².